The predicted molar refractivity (Wildman–Crippen MR) is 110 cm³/mol. The fraction of sp³-hybridized carbons (Fsp3) is 0.300. The molecule has 1 N–H and O–H groups in total. The fourth-order valence-electron chi connectivity index (χ4n) is 2.67. The van der Waals surface area contributed by atoms with Gasteiger partial charge in [0.05, 0.1) is 6.42 Å². The molecule has 0 saturated carbocycles. The van der Waals surface area contributed by atoms with E-state index in [1.165, 1.54) is 4.90 Å². The quantitative estimate of drug-likeness (QED) is 0.693. The minimum Gasteiger partial charge on any atom is -0.355 e. The molecule has 0 aliphatic rings. The zero-order valence-electron chi connectivity index (χ0n) is 15.1. The second kappa shape index (κ2) is 9.98. The summed E-state index contributed by atoms with van der Waals surface area (Å²) in [5.74, 6) is -0.494. The van der Waals surface area contributed by atoms with Crippen molar-refractivity contribution in [1.82, 2.24) is 10.2 Å². The smallest absolute Gasteiger partial charge is 0.242 e. The lowest BCUT2D eigenvalue weighted by Gasteiger charge is -2.29. The summed E-state index contributed by atoms with van der Waals surface area (Å²) in [6.07, 6.45) is -0.00724. The molecule has 2 aromatic carbocycles. The van der Waals surface area contributed by atoms with Gasteiger partial charge in [0.15, 0.2) is 0 Å². The molecule has 7 heteroatoms. The van der Waals surface area contributed by atoms with Crippen LogP contribution in [0, 0.1) is 0 Å². The molecule has 0 aliphatic heterocycles. The molecule has 4 nitrogen and oxygen atoms in total. The molecule has 0 radical (unpaired) electrons. The molecule has 27 heavy (non-hydrogen) atoms. The molecule has 2 rings (SSSR count). The van der Waals surface area contributed by atoms with Gasteiger partial charge in [-0.1, -0.05) is 59.1 Å². The lowest BCUT2D eigenvalue weighted by Crippen LogP contribution is -2.48. The van der Waals surface area contributed by atoms with Crippen LogP contribution in [0.4, 0.5) is 0 Å². The maximum Gasteiger partial charge on any atom is 0.242 e. The number of hydrogen-bond donors (Lipinski definition) is 1. The molecule has 0 saturated heterocycles. The summed E-state index contributed by atoms with van der Waals surface area (Å²) in [4.78, 5) is 26.9. The lowest BCUT2D eigenvalue weighted by molar-refractivity contribution is -0.140. The Bertz CT molecular complexity index is 806. The van der Waals surface area contributed by atoms with Crippen LogP contribution in [-0.2, 0) is 22.6 Å². The Morgan fingerprint density at radius 2 is 1.59 bits per heavy atom. The number of rotatable bonds is 7. The molecule has 2 amide bonds. The summed E-state index contributed by atoms with van der Waals surface area (Å²) in [7, 11) is 0. The summed E-state index contributed by atoms with van der Waals surface area (Å²) in [5, 5.41) is 4.12. The first-order valence-corrected chi connectivity index (χ1v) is 9.72. The van der Waals surface area contributed by atoms with Crippen LogP contribution in [0.2, 0.25) is 15.1 Å². The van der Waals surface area contributed by atoms with Crippen molar-refractivity contribution >= 4 is 46.6 Å². The van der Waals surface area contributed by atoms with Crippen LogP contribution in [0.25, 0.3) is 0 Å². The molecule has 0 bridgehead atoms. The van der Waals surface area contributed by atoms with Crippen molar-refractivity contribution in [1.29, 1.82) is 0 Å². The van der Waals surface area contributed by atoms with E-state index >= 15 is 0 Å². The van der Waals surface area contributed by atoms with Crippen molar-refractivity contribution in [2.45, 2.75) is 32.9 Å². The molecule has 1 atom stereocenters. The van der Waals surface area contributed by atoms with E-state index in [2.05, 4.69) is 5.32 Å². The number of halogens is 3. The standard InChI is InChI=1S/C20H21Cl3N2O2/c1-3-24-20(27)13(2)25(12-14-7-4-5-8-16(14)21)19(26)11-15-17(22)9-6-10-18(15)23/h4-10,13H,3,11-12H2,1-2H3,(H,24,27). The van der Waals surface area contributed by atoms with E-state index in [9.17, 15) is 9.59 Å². The highest BCUT2D eigenvalue weighted by molar-refractivity contribution is 6.36. The SMILES string of the molecule is CCNC(=O)C(C)N(Cc1ccccc1Cl)C(=O)Cc1c(Cl)cccc1Cl. The van der Waals surface area contributed by atoms with Crippen LogP contribution in [0.15, 0.2) is 42.5 Å². The Hall–Kier alpha value is -1.75. The van der Waals surface area contributed by atoms with Gasteiger partial charge in [0.1, 0.15) is 6.04 Å². The summed E-state index contributed by atoms with van der Waals surface area (Å²) in [6, 6.07) is 11.6. The minimum atomic E-state index is -0.671. The number of hydrogen-bond acceptors (Lipinski definition) is 2. The van der Waals surface area contributed by atoms with Gasteiger partial charge < -0.3 is 10.2 Å². The Morgan fingerprint density at radius 3 is 2.19 bits per heavy atom. The number of likely N-dealkylation sites (N-methyl/N-ethyl adjacent to an activating group) is 1. The monoisotopic (exact) mass is 426 g/mol. The normalized spacial score (nSPS) is 11.7. The Balaban J connectivity index is 2.31. The Kier molecular flexibility index (Phi) is 7.96. The van der Waals surface area contributed by atoms with E-state index in [4.69, 9.17) is 34.8 Å². The van der Waals surface area contributed by atoms with Crippen molar-refractivity contribution in [2.24, 2.45) is 0 Å². The highest BCUT2D eigenvalue weighted by Gasteiger charge is 2.27. The van der Waals surface area contributed by atoms with Gasteiger partial charge in [-0.15, -0.1) is 0 Å². The Morgan fingerprint density at radius 1 is 1.00 bits per heavy atom. The average molecular weight is 428 g/mol. The van der Waals surface area contributed by atoms with E-state index in [1.54, 1.807) is 31.2 Å². The summed E-state index contributed by atoms with van der Waals surface area (Å²) in [5.41, 5.74) is 1.30. The maximum atomic E-state index is 13.1. The topological polar surface area (TPSA) is 49.4 Å². The first-order valence-electron chi connectivity index (χ1n) is 8.58. The van der Waals surface area contributed by atoms with E-state index in [-0.39, 0.29) is 24.8 Å². The van der Waals surface area contributed by atoms with Crippen LogP contribution in [-0.4, -0.2) is 29.3 Å². The first-order chi connectivity index (χ1) is 12.8. The van der Waals surface area contributed by atoms with Crippen LogP contribution in [0.1, 0.15) is 25.0 Å². The number of nitrogens with zero attached hydrogens (tertiary/aromatic N) is 1. The van der Waals surface area contributed by atoms with E-state index < -0.39 is 6.04 Å². The summed E-state index contributed by atoms with van der Waals surface area (Å²) in [6.45, 7) is 4.20. The predicted octanol–water partition coefficient (Wildman–Crippen LogP) is 4.74. The third kappa shape index (κ3) is 5.61. The molecule has 0 aromatic heterocycles. The third-order valence-electron chi connectivity index (χ3n) is 4.21. The number of carbonyl (C=O) groups is 2. The van der Waals surface area contributed by atoms with Crippen molar-refractivity contribution in [3.63, 3.8) is 0 Å². The van der Waals surface area contributed by atoms with Gasteiger partial charge in [0, 0.05) is 28.2 Å². The molecule has 0 fully saturated rings. The maximum absolute atomic E-state index is 13.1. The average Bonchev–Trinajstić information content (AvgIpc) is 2.63. The van der Waals surface area contributed by atoms with E-state index in [0.717, 1.165) is 5.56 Å². The minimum absolute atomic E-state index is 0.00724. The van der Waals surface area contributed by atoms with Gasteiger partial charge in [-0.25, -0.2) is 0 Å². The zero-order chi connectivity index (χ0) is 20.0. The number of benzene rings is 2. The Labute approximate surface area is 174 Å². The van der Waals surface area contributed by atoms with Gasteiger partial charge >= 0.3 is 0 Å². The highest BCUT2D eigenvalue weighted by Crippen LogP contribution is 2.26. The summed E-state index contributed by atoms with van der Waals surface area (Å²) < 4.78 is 0. The molecule has 0 spiro atoms. The van der Waals surface area contributed by atoms with Gasteiger partial charge in [0.25, 0.3) is 0 Å². The van der Waals surface area contributed by atoms with Crippen molar-refractivity contribution in [3.05, 3.63) is 68.7 Å². The molecule has 0 aliphatic carbocycles. The van der Waals surface area contributed by atoms with Crippen LogP contribution >= 0.6 is 34.8 Å². The molecule has 2 aromatic rings. The first kappa shape index (κ1) is 21.5. The van der Waals surface area contributed by atoms with E-state index in [0.29, 0.717) is 27.2 Å². The highest BCUT2D eigenvalue weighted by atomic mass is 35.5. The van der Waals surface area contributed by atoms with Crippen LogP contribution in [0.5, 0.6) is 0 Å². The molecule has 0 heterocycles. The van der Waals surface area contributed by atoms with E-state index in [1.807, 2.05) is 25.1 Å². The second-order valence-electron chi connectivity index (χ2n) is 6.06. The zero-order valence-corrected chi connectivity index (χ0v) is 17.4. The van der Waals surface area contributed by atoms with Gasteiger partial charge in [-0.05, 0) is 43.2 Å². The van der Waals surface area contributed by atoms with Gasteiger partial charge in [0.2, 0.25) is 11.8 Å². The second-order valence-corrected chi connectivity index (χ2v) is 7.28. The fourth-order valence-corrected chi connectivity index (χ4v) is 3.40. The third-order valence-corrected chi connectivity index (χ3v) is 5.28. The van der Waals surface area contributed by atoms with Crippen molar-refractivity contribution in [3.8, 4) is 0 Å². The van der Waals surface area contributed by atoms with Gasteiger partial charge in [-0.2, -0.15) is 0 Å². The molecule has 144 valence electrons. The number of amides is 2. The largest absolute Gasteiger partial charge is 0.355 e. The van der Waals surface area contributed by atoms with Crippen LogP contribution in [0.3, 0.4) is 0 Å². The lowest BCUT2D eigenvalue weighted by atomic mass is 10.1. The van der Waals surface area contributed by atoms with Crippen LogP contribution < -0.4 is 5.32 Å². The van der Waals surface area contributed by atoms with Gasteiger partial charge in [-0.3, -0.25) is 9.59 Å². The summed E-state index contributed by atoms with van der Waals surface area (Å²) >= 11 is 18.6. The molecular formula is C20H21Cl3N2O2. The van der Waals surface area contributed by atoms with Crippen molar-refractivity contribution in [2.75, 3.05) is 6.54 Å². The molecule has 1 unspecified atom stereocenters. The van der Waals surface area contributed by atoms with Crippen molar-refractivity contribution < 1.29 is 9.59 Å². The number of nitrogens with one attached hydrogen (secondary N) is 1. The number of carbonyl (C=O) groups excluding carboxylic acids is 2. The molecular weight excluding hydrogens is 407 g/mol.